The van der Waals surface area contributed by atoms with E-state index in [2.05, 4.69) is 27.9 Å². The highest BCUT2D eigenvalue weighted by Gasteiger charge is 2.54. The van der Waals surface area contributed by atoms with Crippen LogP contribution in [0.3, 0.4) is 0 Å². The number of hydrogen-bond donors (Lipinski definition) is 0. The maximum atomic E-state index is 13.9. The molecule has 0 saturated heterocycles. The number of halogens is 2. The summed E-state index contributed by atoms with van der Waals surface area (Å²) in [6, 6.07) is 10.00. The Kier molecular flexibility index (Phi) is 5.59. The van der Waals surface area contributed by atoms with Gasteiger partial charge in [0.2, 0.25) is 11.8 Å². The lowest BCUT2D eigenvalue weighted by molar-refractivity contribution is -0.148. The number of fused-ring (bicyclic) bond motifs is 3. The van der Waals surface area contributed by atoms with Crippen LogP contribution in [0.5, 0.6) is 0 Å². The third kappa shape index (κ3) is 4.50. The minimum Gasteiger partial charge on any atom is -0.334 e. The largest absolute Gasteiger partial charge is 0.334 e. The van der Waals surface area contributed by atoms with Gasteiger partial charge in [-0.25, -0.2) is 8.78 Å². The van der Waals surface area contributed by atoms with E-state index in [1.807, 2.05) is 29.2 Å². The van der Waals surface area contributed by atoms with E-state index in [9.17, 15) is 13.6 Å². The van der Waals surface area contributed by atoms with E-state index in [4.69, 9.17) is 9.62 Å². The number of carbonyl (C=O) groups excluding carboxylic acids is 1. The van der Waals surface area contributed by atoms with Gasteiger partial charge in [-0.1, -0.05) is 11.2 Å². The molecule has 6 saturated carbocycles. The molecule has 2 heterocycles. The van der Waals surface area contributed by atoms with E-state index in [0.29, 0.717) is 24.3 Å². The van der Waals surface area contributed by atoms with Gasteiger partial charge in [-0.05, 0) is 93.9 Å². The van der Waals surface area contributed by atoms with Crippen molar-refractivity contribution in [3.05, 3.63) is 47.5 Å². The van der Waals surface area contributed by atoms with Crippen LogP contribution in [0.25, 0.3) is 11.5 Å². The maximum absolute atomic E-state index is 13.9. The summed E-state index contributed by atoms with van der Waals surface area (Å²) < 4.78 is 35.4. The molecule has 41 heavy (non-hydrogen) atoms. The summed E-state index contributed by atoms with van der Waals surface area (Å²) in [6.45, 7) is 0.559. The third-order valence-corrected chi connectivity index (χ3v) is 10.8. The van der Waals surface area contributed by atoms with Crippen molar-refractivity contribution in [2.24, 2.45) is 18.4 Å². The second kappa shape index (κ2) is 8.95. The van der Waals surface area contributed by atoms with Crippen molar-refractivity contribution in [2.45, 2.75) is 100 Å². The maximum Gasteiger partial charge on any atom is 0.258 e. The minimum atomic E-state index is -2.74. The van der Waals surface area contributed by atoms with Gasteiger partial charge in [-0.2, -0.15) is 10.1 Å². The SMILES string of the molecule is Cn1nc(C2CC2)cc1C12CCC(CN(C(=O)C3CC(F)(F)C3)c3cccc(-c4nc(C5CC5)no4)c3)(CC1)CC2. The van der Waals surface area contributed by atoms with Crippen LogP contribution in [0.2, 0.25) is 0 Å². The highest BCUT2D eigenvalue weighted by molar-refractivity contribution is 5.96. The van der Waals surface area contributed by atoms with Gasteiger partial charge in [0, 0.05) is 66.5 Å². The number of rotatable bonds is 8. The van der Waals surface area contributed by atoms with Gasteiger partial charge in [0.1, 0.15) is 0 Å². The highest BCUT2D eigenvalue weighted by Crippen LogP contribution is 2.59. The van der Waals surface area contributed by atoms with E-state index < -0.39 is 11.8 Å². The van der Waals surface area contributed by atoms with Crippen molar-refractivity contribution < 1.29 is 18.1 Å². The molecule has 9 rings (SSSR count). The number of hydrogen-bond acceptors (Lipinski definition) is 5. The van der Waals surface area contributed by atoms with Gasteiger partial charge < -0.3 is 9.42 Å². The first-order valence-corrected chi connectivity index (χ1v) is 15.4. The molecule has 1 aromatic carbocycles. The standard InChI is InChI=1S/C32H37F2N5O2/c1-38-26(16-25(36-38)20-5-6-20)31-12-9-30(10-13-31,11-14-31)19-39(29(40)23-17-32(33,34)18-23)24-4-2-3-22(15-24)28-35-27(37-41-28)21-7-8-21/h2-4,15-16,20-21,23H,5-14,17-19H2,1H3. The zero-order chi connectivity index (χ0) is 28.0. The van der Waals surface area contributed by atoms with Crippen LogP contribution < -0.4 is 4.90 Å². The Hall–Kier alpha value is -3.10. The molecular formula is C32H37F2N5O2. The first kappa shape index (κ1) is 25.6. The molecule has 2 aromatic heterocycles. The highest BCUT2D eigenvalue weighted by atomic mass is 19.3. The molecule has 0 radical (unpaired) electrons. The zero-order valence-electron chi connectivity index (χ0n) is 23.6. The molecule has 0 spiro atoms. The Balaban J connectivity index is 1.06. The van der Waals surface area contributed by atoms with Gasteiger partial charge in [-0.3, -0.25) is 9.48 Å². The molecule has 9 heteroatoms. The average molecular weight is 562 g/mol. The van der Waals surface area contributed by atoms with Crippen LogP contribution in [-0.4, -0.2) is 38.3 Å². The van der Waals surface area contributed by atoms with Crippen LogP contribution in [0.4, 0.5) is 14.5 Å². The number of carbonyl (C=O) groups is 1. The number of amides is 1. The van der Waals surface area contributed by atoms with Crippen molar-refractivity contribution in [2.75, 3.05) is 11.4 Å². The van der Waals surface area contributed by atoms with Gasteiger partial charge in [0.05, 0.1) is 5.69 Å². The Morgan fingerprint density at radius 3 is 2.39 bits per heavy atom. The van der Waals surface area contributed by atoms with E-state index in [0.717, 1.165) is 68.4 Å². The first-order chi connectivity index (χ1) is 19.7. The normalized spacial score (nSPS) is 29.0. The predicted octanol–water partition coefficient (Wildman–Crippen LogP) is 6.90. The van der Waals surface area contributed by atoms with Crippen LogP contribution in [0.15, 0.2) is 34.9 Å². The van der Waals surface area contributed by atoms with Crippen molar-refractivity contribution in [1.29, 1.82) is 0 Å². The molecule has 6 fully saturated rings. The summed E-state index contributed by atoms with van der Waals surface area (Å²) in [5, 5.41) is 9.02. The topological polar surface area (TPSA) is 77.1 Å². The smallest absolute Gasteiger partial charge is 0.258 e. The van der Waals surface area contributed by atoms with Gasteiger partial charge >= 0.3 is 0 Å². The molecule has 6 aliphatic carbocycles. The quantitative estimate of drug-likeness (QED) is 0.299. The number of alkyl halides is 2. The van der Waals surface area contributed by atoms with Gasteiger partial charge in [-0.15, -0.1) is 0 Å². The molecule has 216 valence electrons. The molecular weight excluding hydrogens is 524 g/mol. The Morgan fingerprint density at radius 2 is 1.73 bits per heavy atom. The summed E-state index contributed by atoms with van der Waals surface area (Å²) >= 11 is 0. The molecule has 0 N–H and O–H groups in total. The molecule has 0 atom stereocenters. The van der Waals surface area contributed by atoms with Crippen molar-refractivity contribution >= 4 is 11.6 Å². The first-order valence-electron chi connectivity index (χ1n) is 15.4. The molecule has 3 aromatic rings. The lowest BCUT2D eigenvalue weighted by Crippen LogP contribution is -2.54. The Labute approximate surface area is 238 Å². The van der Waals surface area contributed by atoms with Gasteiger partial charge in [0.25, 0.3) is 5.89 Å². The van der Waals surface area contributed by atoms with Crippen molar-refractivity contribution in [1.82, 2.24) is 19.9 Å². The average Bonchev–Trinajstić information content (AvgIpc) is 3.91. The van der Waals surface area contributed by atoms with Gasteiger partial charge in [0.15, 0.2) is 5.82 Å². The Bertz CT molecular complexity index is 1470. The number of nitrogens with zero attached hydrogens (tertiary/aromatic N) is 5. The van der Waals surface area contributed by atoms with Crippen LogP contribution in [-0.2, 0) is 17.3 Å². The number of benzene rings is 1. The second-order valence-corrected chi connectivity index (χ2v) is 13.8. The van der Waals surface area contributed by atoms with Crippen molar-refractivity contribution in [3.63, 3.8) is 0 Å². The number of anilines is 1. The zero-order valence-corrected chi connectivity index (χ0v) is 23.6. The van der Waals surface area contributed by atoms with Crippen LogP contribution in [0.1, 0.15) is 106 Å². The van der Waals surface area contributed by atoms with E-state index >= 15 is 0 Å². The fourth-order valence-electron chi connectivity index (χ4n) is 7.80. The Morgan fingerprint density at radius 1 is 1.02 bits per heavy atom. The summed E-state index contributed by atoms with van der Waals surface area (Å²) in [5.41, 5.74) is 4.24. The third-order valence-electron chi connectivity index (χ3n) is 10.8. The molecule has 1 amide bonds. The lowest BCUT2D eigenvalue weighted by Gasteiger charge is -2.55. The van der Waals surface area contributed by atoms with Crippen molar-refractivity contribution in [3.8, 4) is 11.5 Å². The second-order valence-electron chi connectivity index (χ2n) is 13.8. The number of aryl methyl sites for hydroxylation is 1. The molecule has 2 bridgehead atoms. The molecule has 7 nitrogen and oxygen atoms in total. The predicted molar refractivity (Wildman–Crippen MR) is 149 cm³/mol. The minimum absolute atomic E-state index is 0.0127. The van der Waals surface area contributed by atoms with E-state index in [-0.39, 0.29) is 29.6 Å². The van der Waals surface area contributed by atoms with E-state index in [1.54, 1.807) is 0 Å². The molecule has 0 aliphatic heterocycles. The van der Waals surface area contributed by atoms with Crippen LogP contribution in [0, 0.1) is 11.3 Å². The van der Waals surface area contributed by atoms with E-state index in [1.165, 1.54) is 24.2 Å². The fraction of sp³-hybridized carbons (Fsp3) is 0.625. The summed E-state index contributed by atoms with van der Waals surface area (Å²) in [6.07, 6.45) is 10.2. The molecule has 0 unspecified atom stereocenters. The monoisotopic (exact) mass is 561 g/mol. The number of aromatic nitrogens is 4. The summed E-state index contributed by atoms with van der Waals surface area (Å²) in [7, 11) is 2.09. The van der Waals surface area contributed by atoms with Crippen LogP contribution >= 0.6 is 0 Å². The summed E-state index contributed by atoms with van der Waals surface area (Å²) in [5.74, 6) is -1.38. The molecule has 6 aliphatic rings. The lowest BCUT2D eigenvalue weighted by atomic mass is 9.52. The summed E-state index contributed by atoms with van der Waals surface area (Å²) in [4.78, 5) is 20.2. The fourth-order valence-corrected chi connectivity index (χ4v) is 7.80.